The van der Waals surface area contributed by atoms with Crippen molar-refractivity contribution in [1.82, 2.24) is 9.97 Å². The molecular formula is C24H21FN4O6. The summed E-state index contributed by atoms with van der Waals surface area (Å²) in [5.41, 5.74) is -0.533. The molecule has 1 spiro atoms. The van der Waals surface area contributed by atoms with Crippen LogP contribution in [0.5, 0.6) is 5.75 Å². The molecular weight excluding hydrogens is 459 g/mol. The number of halogens is 1. The van der Waals surface area contributed by atoms with E-state index in [0.29, 0.717) is 27.2 Å². The van der Waals surface area contributed by atoms with Gasteiger partial charge in [-0.05, 0) is 43.4 Å². The molecule has 1 fully saturated rings. The van der Waals surface area contributed by atoms with Gasteiger partial charge in [-0.25, -0.2) is 19.2 Å². The number of nitrogens with one attached hydrogen (secondary N) is 1. The SMILES string of the molecule is O=C1O[C@]2(CC[C@@](O)(C(=O)Nc3ncc(-c4cccc(OCF)c4)cn3)CC2)c2cc[n+]([O-])cc21. The summed E-state index contributed by atoms with van der Waals surface area (Å²) in [4.78, 5) is 33.4. The number of hydrogen-bond donors (Lipinski definition) is 2. The number of aromatic nitrogens is 3. The number of esters is 1. The molecule has 1 aliphatic heterocycles. The topological polar surface area (TPSA) is 138 Å². The largest absolute Gasteiger partial charge is 0.619 e. The molecule has 3 heterocycles. The Balaban J connectivity index is 1.26. The summed E-state index contributed by atoms with van der Waals surface area (Å²) in [5, 5.41) is 25.1. The Labute approximate surface area is 198 Å². The lowest BCUT2D eigenvalue weighted by Crippen LogP contribution is -2.49. The molecule has 0 atom stereocenters. The average molecular weight is 480 g/mol. The maximum Gasteiger partial charge on any atom is 0.345 e. The lowest BCUT2D eigenvalue weighted by atomic mass is 9.72. The summed E-state index contributed by atoms with van der Waals surface area (Å²) in [5.74, 6) is -0.868. The Hall–Kier alpha value is -4.12. The molecule has 11 heteroatoms. The van der Waals surface area contributed by atoms with Gasteiger partial charge in [-0.2, -0.15) is 4.73 Å². The highest BCUT2D eigenvalue weighted by atomic mass is 19.1. The Morgan fingerprint density at radius 1 is 1.20 bits per heavy atom. The van der Waals surface area contributed by atoms with E-state index in [1.165, 1.54) is 24.8 Å². The number of alkyl halides is 1. The van der Waals surface area contributed by atoms with E-state index in [9.17, 15) is 24.3 Å². The van der Waals surface area contributed by atoms with E-state index in [0.717, 1.165) is 0 Å². The number of pyridine rings is 1. The summed E-state index contributed by atoms with van der Waals surface area (Å²) < 4.78 is 23.4. The summed E-state index contributed by atoms with van der Waals surface area (Å²) in [6.07, 6.45) is 5.97. The van der Waals surface area contributed by atoms with Crippen molar-refractivity contribution in [3.05, 3.63) is 71.5 Å². The van der Waals surface area contributed by atoms with Crippen LogP contribution in [0.4, 0.5) is 10.3 Å². The number of carbonyl (C=O) groups is 2. The van der Waals surface area contributed by atoms with Crippen molar-refractivity contribution in [3.63, 3.8) is 0 Å². The molecule has 2 N–H and O–H groups in total. The summed E-state index contributed by atoms with van der Waals surface area (Å²) >= 11 is 0. The maximum absolute atomic E-state index is 12.9. The molecule has 2 aliphatic rings. The highest BCUT2D eigenvalue weighted by molar-refractivity contribution is 5.96. The quantitative estimate of drug-likeness (QED) is 0.323. The first-order chi connectivity index (χ1) is 16.8. The third kappa shape index (κ3) is 4.14. The number of fused-ring (bicyclic) bond motifs is 2. The molecule has 1 aromatic carbocycles. The zero-order chi connectivity index (χ0) is 24.6. The van der Waals surface area contributed by atoms with Crippen LogP contribution in [0.1, 0.15) is 41.6 Å². The van der Waals surface area contributed by atoms with Gasteiger partial charge in [-0.3, -0.25) is 10.1 Å². The Morgan fingerprint density at radius 3 is 2.66 bits per heavy atom. The summed E-state index contributed by atoms with van der Waals surface area (Å²) in [7, 11) is 0. The average Bonchev–Trinajstić information content (AvgIpc) is 3.12. The standard InChI is InChI=1S/C24H21FN4O6/c25-14-34-17-3-1-2-15(10-17)16-11-26-22(27-12-16)28-21(31)23(32)5-7-24(8-6-23)19-4-9-29(33)13-18(19)20(30)35-24/h1-4,9-13,32H,5-8,14H2,(H,26,27,28,31)/t23-,24-. The normalized spacial score (nSPS) is 23.0. The highest BCUT2D eigenvalue weighted by Crippen LogP contribution is 2.49. The van der Waals surface area contributed by atoms with Gasteiger partial charge in [-0.1, -0.05) is 12.1 Å². The van der Waals surface area contributed by atoms with Crippen LogP contribution in [-0.2, 0) is 15.1 Å². The van der Waals surface area contributed by atoms with Gasteiger partial charge in [0.2, 0.25) is 12.8 Å². The minimum Gasteiger partial charge on any atom is -0.619 e. The molecule has 1 aliphatic carbocycles. The Morgan fingerprint density at radius 2 is 1.94 bits per heavy atom. The molecule has 2 aromatic heterocycles. The van der Waals surface area contributed by atoms with Crippen molar-refractivity contribution in [2.75, 3.05) is 12.2 Å². The van der Waals surface area contributed by atoms with Crippen molar-refractivity contribution in [1.29, 1.82) is 0 Å². The number of anilines is 1. The monoisotopic (exact) mass is 480 g/mol. The highest BCUT2D eigenvalue weighted by Gasteiger charge is 2.53. The van der Waals surface area contributed by atoms with E-state index in [1.807, 2.05) is 0 Å². The van der Waals surface area contributed by atoms with Crippen molar-refractivity contribution in [2.24, 2.45) is 0 Å². The van der Waals surface area contributed by atoms with E-state index in [4.69, 9.17) is 9.47 Å². The predicted molar refractivity (Wildman–Crippen MR) is 119 cm³/mol. The number of nitrogens with zero attached hydrogens (tertiary/aromatic N) is 3. The minimum absolute atomic E-state index is 0.0151. The van der Waals surface area contributed by atoms with Gasteiger partial charge in [0, 0.05) is 29.6 Å². The first-order valence-corrected chi connectivity index (χ1v) is 10.9. The van der Waals surface area contributed by atoms with Crippen LogP contribution in [0.25, 0.3) is 11.1 Å². The third-order valence-electron chi connectivity index (χ3n) is 6.51. The first-order valence-electron chi connectivity index (χ1n) is 10.9. The van der Waals surface area contributed by atoms with Crippen molar-refractivity contribution < 1.29 is 33.3 Å². The molecule has 0 saturated heterocycles. The molecule has 1 saturated carbocycles. The van der Waals surface area contributed by atoms with Crippen LogP contribution in [0, 0.1) is 5.21 Å². The van der Waals surface area contributed by atoms with Gasteiger partial charge >= 0.3 is 5.97 Å². The molecule has 35 heavy (non-hydrogen) atoms. The van der Waals surface area contributed by atoms with Gasteiger partial charge in [0.15, 0.2) is 12.4 Å². The number of hydrogen-bond acceptors (Lipinski definition) is 8. The van der Waals surface area contributed by atoms with Gasteiger partial charge in [0.05, 0.1) is 0 Å². The summed E-state index contributed by atoms with van der Waals surface area (Å²) in [6, 6.07) is 8.31. The number of benzene rings is 1. The maximum atomic E-state index is 12.9. The van der Waals surface area contributed by atoms with E-state index < -0.39 is 29.9 Å². The lowest BCUT2D eigenvalue weighted by molar-refractivity contribution is -0.605. The lowest BCUT2D eigenvalue weighted by Gasteiger charge is -2.40. The molecule has 0 bridgehead atoms. The molecule has 3 aromatic rings. The fourth-order valence-electron chi connectivity index (χ4n) is 4.58. The van der Waals surface area contributed by atoms with E-state index in [2.05, 4.69) is 15.3 Å². The Kier molecular flexibility index (Phi) is 5.56. The number of carbonyl (C=O) groups excluding carboxylic acids is 2. The van der Waals surface area contributed by atoms with Gasteiger partial charge in [0.1, 0.15) is 22.5 Å². The molecule has 0 radical (unpaired) electrons. The van der Waals surface area contributed by atoms with E-state index >= 15 is 0 Å². The van der Waals surface area contributed by atoms with E-state index in [1.54, 1.807) is 30.3 Å². The second-order valence-electron chi connectivity index (χ2n) is 8.58. The van der Waals surface area contributed by atoms with E-state index in [-0.39, 0.29) is 37.2 Å². The fraction of sp³-hybridized carbons (Fsp3) is 0.292. The number of rotatable bonds is 5. The molecule has 180 valence electrons. The van der Waals surface area contributed by atoms with Crippen LogP contribution in [0.15, 0.2) is 55.1 Å². The number of amides is 1. The fourth-order valence-corrected chi connectivity index (χ4v) is 4.58. The van der Waals surface area contributed by atoms with Crippen molar-refractivity contribution >= 4 is 17.8 Å². The summed E-state index contributed by atoms with van der Waals surface area (Å²) in [6.45, 7) is -0.940. The van der Waals surface area contributed by atoms with Crippen LogP contribution < -0.4 is 14.8 Å². The zero-order valence-corrected chi connectivity index (χ0v) is 18.4. The minimum atomic E-state index is -1.70. The van der Waals surface area contributed by atoms with Gasteiger partial charge in [0.25, 0.3) is 5.91 Å². The third-order valence-corrected chi connectivity index (χ3v) is 6.51. The van der Waals surface area contributed by atoms with Crippen LogP contribution >= 0.6 is 0 Å². The van der Waals surface area contributed by atoms with Crippen molar-refractivity contribution in [3.8, 4) is 16.9 Å². The smallest absolute Gasteiger partial charge is 0.345 e. The van der Waals surface area contributed by atoms with Gasteiger partial charge in [-0.15, -0.1) is 0 Å². The number of aliphatic hydroxyl groups is 1. The molecule has 1 amide bonds. The van der Waals surface area contributed by atoms with Crippen LogP contribution in [0.3, 0.4) is 0 Å². The zero-order valence-electron chi connectivity index (χ0n) is 18.4. The van der Waals surface area contributed by atoms with Crippen LogP contribution in [0.2, 0.25) is 0 Å². The molecule has 0 unspecified atom stereocenters. The molecule has 5 rings (SSSR count). The second kappa shape index (κ2) is 8.58. The second-order valence-corrected chi connectivity index (χ2v) is 8.58. The van der Waals surface area contributed by atoms with Gasteiger partial charge < -0.3 is 19.8 Å². The molecule has 10 nitrogen and oxygen atoms in total. The Bertz CT molecular complexity index is 1290. The van der Waals surface area contributed by atoms with Crippen molar-refractivity contribution in [2.45, 2.75) is 36.9 Å². The predicted octanol–water partition coefficient (Wildman–Crippen LogP) is 2.39. The van der Waals surface area contributed by atoms with Crippen LogP contribution in [-0.4, -0.2) is 39.4 Å². The number of ether oxygens (including phenoxy) is 2. The first kappa shape index (κ1) is 22.7.